The van der Waals surface area contributed by atoms with Gasteiger partial charge in [-0.2, -0.15) is 4.52 Å². The highest BCUT2D eigenvalue weighted by Crippen LogP contribution is 2.26. The first-order valence-electron chi connectivity index (χ1n) is 7.10. The van der Waals surface area contributed by atoms with Crippen LogP contribution in [0, 0.1) is 0 Å². The lowest BCUT2D eigenvalue weighted by Gasteiger charge is -2.13. The highest BCUT2D eigenvalue weighted by atomic mass is 32.1. The summed E-state index contributed by atoms with van der Waals surface area (Å²) in [5, 5.41) is 18.5. The molecule has 0 aliphatic carbocycles. The molecule has 3 rings (SSSR count). The van der Waals surface area contributed by atoms with Crippen LogP contribution < -0.4 is 5.32 Å². The Labute approximate surface area is 131 Å². The van der Waals surface area contributed by atoms with Gasteiger partial charge in [-0.15, -0.1) is 26.6 Å². The molecular formula is C14H16N6OS. The fourth-order valence-electron chi connectivity index (χ4n) is 2.49. The van der Waals surface area contributed by atoms with Crippen molar-refractivity contribution in [1.82, 2.24) is 24.8 Å². The van der Waals surface area contributed by atoms with E-state index in [0.717, 1.165) is 34.6 Å². The number of carbonyl (C=O) groups excluding carboxylic acids is 1. The van der Waals surface area contributed by atoms with E-state index in [1.807, 2.05) is 12.3 Å². The van der Waals surface area contributed by atoms with Crippen LogP contribution in [-0.4, -0.2) is 30.7 Å². The van der Waals surface area contributed by atoms with Gasteiger partial charge in [-0.1, -0.05) is 13.8 Å². The number of hydrogen-bond donors (Lipinski definition) is 1. The molecule has 0 fully saturated rings. The van der Waals surface area contributed by atoms with Gasteiger partial charge in [-0.3, -0.25) is 4.79 Å². The molecule has 0 aliphatic heterocycles. The summed E-state index contributed by atoms with van der Waals surface area (Å²) in [6.07, 6.45) is 3.27. The largest absolute Gasteiger partial charge is 0.309 e. The number of fused-ring (bicyclic) bond motifs is 1. The number of amides is 1. The van der Waals surface area contributed by atoms with Crippen LogP contribution in [0.25, 0.3) is 16.5 Å². The molecule has 22 heavy (non-hydrogen) atoms. The second kappa shape index (κ2) is 5.80. The molecule has 0 bridgehead atoms. The third kappa shape index (κ3) is 2.35. The van der Waals surface area contributed by atoms with Gasteiger partial charge in [-0.25, -0.2) is 4.98 Å². The highest BCUT2D eigenvalue weighted by Gasteiger charge is 2.19. The highest BCUT2D eigenvalue weighted by molar-refractivity contribution is 7.13. The molecule has 0 radical (unpaired) electrons. The van der Waals surface area contributed by atoms with Gasteiger partial charge in [0.2, 0.25) is 11.7 Å². The number of nitrogens with zero attached hydrogens (tertiary/aromatic N) is 5. The second-order valence-corrected chi connectivity index (χ2v) is 5.68. The van der Waals surface area contributed by atoms with E-state index < -0.39 is 0 Å². The zero-order valence-electron chi connectivity index (χ0n) is 12.6. The molecule has 8 heteroatoms. The minimum absolute atomic E-state index is 0.146. The molecule has 0 saturated carbocycles. The minimum Gasteiger partial charge on any atom is -0.309 e. The maximum Gasteiger partial charge on any atom is 0.222 e. The fraction of sp³-hybridized carbons (Fsp3) is 0.357. The average molecular weight is 316 g/mol. The number of rotatable bonds is 4. The first-order valence-corrected chi connectivity index (χ1v) is 7.98. The number of carbonyl (C=O) groups is 1. The Morgan fingerprint density at radius 2 is 2.05 bits per heavy atom. The molecular weight excluding hydrogens is 300 g/mol. The number of hydrogen-bond acceptors (Lipinski definition) is 6. The summed E-state index contributed by atoms with van der Waals surface area (Å²) >= 11 is 1.48. The molecule has 3 aromatic heterocycles. The summed E-state index contributed by atoms with van der Waals surface area (Å²) < 4.78 is 1.67. The Balaban J connectivity index is 2.30. The van der Waals surface area contributed by atoms with Gasteiger partial charge < -0.3 is 5.32 Å². The predicted octanol–water partition coefficient (Wildman–Crippen LogP) is 2.33. The molecule has 0 saturated heterocycles. The number of anilines is 1. The van der Waals surface area contributed by atoms with Gasteiger partial charge in [0.25, 0.3) is 0 Å². The van der Waals surface area contributed by atoms with Crippen molar-refractivity contribution in [3.05, 3.63) is 22.7 Å². The fourth-order valence-corrected chi connectivity index (χ4v) is 3.09. The van der Waals surface area contributed by atoms with Crippen molar-refractivity contribution in [2.75, 3.05) is 5.32 Å². The van der Waals surface area contributed by atoms with Crippen molar-refractivity contribution in [2.24, 2.45) is 0 Å². The molecule has 1 N–H and O–H groups in total. The Bertz CT molecular complexity index is 824. The summed E-state index contributed by atoms with van der Waals surface area (Å²) in [5.41, 5.74) is 2.78. The molecule has 7 nitrogen and oxygen atoms in total. The Hall–Kier alpha value is -2.35. The minimum atomic E-state index is -0.146. The smallest absolute Gasteiger partial charge is 0.222 e. The lowest BCUT2D eigenvalue weighted by atomic mass is 10.1. The van der Waals surface area contributed by atoms with Crippen LogP contribution in [0.1, 0.15) is 31.9 Å². The van der Waals surface area contributed by atoms with E-state index >= 15 is 0 Å². The lowest BCUT2D eigenvalue weighted by Crippen LogP contribution is -2.14. The van der Waals surface area contributed by atoms with Gasteiger partial charge in [0.15, 0.2) is 16.5 Å². The summed E-state index contributed by atoms with van der Waals surface area (Å²) in [7, 11) is 0. The van der Waals surface area contributed by atoms with Gasteiger partial charge in [0.05, 0.1) is 0 Å². The Kier molecular flexibility index (Phi) is 3.84. The van der Waals surface area contributed by atoms with E-state index in [9.17, 15) is 4.79 Å². The van der Waals surface area contributed by atoms with E-state index in [1.165, 1.54) is 18.3 Å². The molecule has 0 spiro atoms. The number of thiazole rings is 1. The lowest BCUT2D eigenvalue weighted by molar-refractivity contribution is -0.114. The van der Waals surface area contributed by atoms with Crippen molar-refractivity contribution >= 4 is 28.7 Å². The van der Waals surface area contributed by atoms with E-state index in [2.05, 4.69) is 32.5 Å². The maximum atomic E-state index is 11.5. The first-order chi connectivity index (χ1) is 10.7. The maximum absolute atomic E-state index is 11.5. The van der Waals surface area contributed by atoms with Gasteiger partial charge in [0.1, 0.15) is 0 Å². The number of nitrogens with one attached hydrogen (secondary N) is 1. The quantitative estimate of drug-likeness (QED) is 0.798. The average Bonchev–Trinajstić information content (AvgIpc) is 3.13. The van der Waals surface area contributed by atoms with Crippen LogP contribution in [0.4, 0.5) is 5.82 Å². The molecule has 0 aromatic carbocycles. The standard InChI is InChI=1S/C14H16N6OS/c1-4-9-10(5-2)12-17-18-13(14-15-6-7-22-14)20(12)19-11(9)16-8(3)21/h6-7H,4-5H2,1-3H3,(H,16,19,21). The van der Waals surface area contributed by atoms with Crippen LogP contribution in [0.3, 0.4) is 0 Å². The van der Waals surface area contributed by atoms with Crippen molar-refractivity contribution in [3.8, 4) is 10.8 Å². The monoisotopic (exact) mass is 316 g/mol. The SMILES string of the molecule is CCc1c(NC(C)=O)nn2c(-c3nccs3)nnc2c1CC. The summed E-state index contributed by atoms with van der Waals surface area (Å²) in [4.78, 5) is 15.7. The third-order valence-corrected chi connectivity index (χ3v) is 4.15. The Morgan fingerprint density at radius 1 is 1.27 bits per heavy atom. The molecule has 0 unspecified atom stereocenters. The second-order valence-electron chi connectivity index (χ2n) is 4.79. The van der Waals surface area contributed by atoms with Crippen LogP contribution in [-0.2, 0) is 17.6 Å². The van der Waals surface area contributed by atoms with Crippen molar-refractivity contribution in [2.45, 2.75) is 33.6 Å². The third-order valence-electron chi connectivity index (χ3n) is 3.39. The molecule has 0 aliphatic rings. The Morgan fingerprint density at radius 3 is 2.64 bits per heavy atom. The topological polar surface area (TPSA) is 85.1 Å². The normalized spacial score (nSPS) is 11.0. The summed E-state index contributed by atoms with van der Waals surface area (Å²) in [5.74, 6) is 1.01. The molecule has 3 heterocycles. The molecule has 1 amide bonds. The van der Waals surface area contributed by atoms with Crippen LogP contribution in [0.15, 0.2) is 11.6 Å². The van der Waals surface area contributed by atoms with Gasteiger partial charge in [0, 0.05) is 29.6 Å². The van der Waals surface area contributed by atoms with Crippen molar-refractivity contribution in [3.63, 3.8) is 0 Å². The van der Waals surface area contributed by atoms with Gasteiger partial charge >= 0.3 is 0 Å². The van der Waals surface area contributed by atoms with Crippen LogP contribution in [0.2, 0.25) is 0 Å². The van der Waals surface area contributed by atoms with Crippen molar-refractivity contribution in [1.29, 1.82) is 0 Å². The van der Waals surface area contributed by atoms with Gasteiger partial charge in [-0.05, 0) is 12.8 Å². The molecule has 3 aromatic rings. The summed E-state index contributed by atoms with van der Waals surface area (Å²) in [6, 6.07) is 0. The van der Waals surface area contributed by atoms with E-state index in [0.29, 0.717) is 11.6 Å². The molecule has 0 atom stereocenters. The predicted molar refractivity (Wildman–Crippen MR) is 84.9 cm³/mol. The first kappa shape index (κ1) is 14.6. The molecule has 114 valence electrons. The van der Waals surface area contributed by atoms with E-state index in [1.54, 1.807) is 10.7 Å². The zero-order valence-corrected chi connectivity index (χ0v) is 13.4. The van der Waals surface area contributed by atoms with Crippen LogP contribution >= 0.6 is 11.3 Å². The zero-order chi connectivity index (χ0) is 15.7. The number of aryl methyl sites for hydroxylation is 1. The van der Waals surface area contributed by atoms with E-state index in [-0.39, 0.29) is 5.91 Å². The number of aromatic nitrogens is 5. The summed E-state index contributed by atoms with van der Waals surface area (Å²) in [6.45, 7) is 5.57. The van der Waals surface area contributed by atoms with Crippen molar-refractivity contribution < 1.29 is 4.79 Å². The van der Waals surface area contributed by atoms with E-state index in [4.69, 9.17) is 0 Å². The van der Waals surface area contributed by atoms with Crippen LogP contribution in [0.5, 0.6) is 0 Å².